The van der Waals surface area contributed by atoms with Crippen LogP contribution in [-0.2, 0) is 9.63 Å². The molecule has 0 saturated heterocycles. The van der Waals surface area contributed by atoms with Crippen LogP contribution in [0.2, 0.25) is 5.02 Å². The predicted molar refractivity (Wildman–Crippen MR) is 68.8 cm³/mol. The third-order valence-corrected chi connectivity index (χ3v) is 4.05. The Morgan fingerprint density at radius 3 is 2.78 bits per heavy atom. The van der Waals surface area contributed by atoms with E-state index in [4.69, 9.17) is 28.0 Å². The molecule has 1 aliphatic heterocycles. The molecule has 3 rings (SSSR count). The Bertz CT molecular complexity index is 541. The second-order valence-electron chi connectivity index (χ2n) is 4.43. The van der Waals surface area contributed by atoms with E-state index in [2.05, 4.69) is 10.5 Å². The number of benzene rings is 1. The summed E-state index contributed by atoms with van der Waals surface area (Å²) in [5.74, 6) is 0.00496. The van der Waals surface area contributed by atoms with Crippen molar-refractivity contribution in [1.82, 2.24) is 5.32 Å². The number of carbonyl (C=O) groups excluding carboxylic acids is 1. The number of amidine groups is 1. The number of oxime groups is 1. The van der Waals surface area contributed by atoms with Crippen LogP contribution in [0.15, 0.2) is 29.4 Å². The van der Waals surface area contributed by atoms with Gasteiger partial charge in [0.05, 0.1) is 5.02 Å². The topological polar surface area (TPSA) is 50.7 Å². The van der Waals surface area contributed by atoms with Gasteiger partial charge in [-0.15, -0.1) is 11.6 Å². The third kappa shape index (κ3) is 1.85. The Balaban J connectivity index is 1.96. The fourth-order valence-corrected chi connectivity index (χ4v) is 2.40. The number of nitrogens with one attached hydrogen (secondary N) is 1. The lowest BCUT2D eigenvalue weighted by molar-refractivity contribution is -0.121. The van der Waals surface area contributed by atoms with Crippen molar-refractivity contribution in [1.29, 1.82) is 0 Å². The number of hydrogen-bond acceptors (Lipinski definition) is 3. The fraction of sp³-hybridized carbons (Fsp3) is 0.333. The van der Waals surface area contributed by atoms with E-state index >= 15 is 0 Å². The van der Waals surface area contributed by atoms with Gasteiger partial charge < -0.3 is 10.2 Å². The third-order valence-electron chi connectivity index (χ3n) is 3.12. The highest BCUT2D eigenvalue weighted by Gasteiger charge is 2.57. The van der Waals surface area contributed by atoms with Crippen LogP contribution in [0, 0.1) is 0 Å². The summed E-state index contributed by atoms with van der Waals surface area (Å²) in [4.78, 5) is 17.3. The highest BCUT2D eigenvalue weighted by atomic mass is 35.5. The molecule has 1 unspecified atom stereocenters. The van der Waals surface area contributed by atoms with Gasteiger partial charge in [0.2, 0.25) is 5.91 Å². The molecule has 1 spiro atoms. The normalized spacial score (nSPS) is 24.9. The Labute approximate surface area is 114 Å². The summed E-state index contributed by atoms with van der Waals surface area (Å²) >= 11 is 12.1. The number of nitrogens with zero attached hydrogens (tertiary/aromatic N) is 1. The first kappa shape index (κ1) is 11.8. The molecule has 4 nitrogen and oxygen atoms in total. The molecule has 1 atom stereocenters. The van der Waals surface area contributed by atoms with E-state index in [0.717, 1.165) is 12.8 Å². The van der Waals surface area contributed by atoms with Crippen LogP contribution in [0.4, 0.5) is 0 Å². The average Bonchev–Trinajstić information content (AvgIpc) is 3.15. The Kier molecular flexibility index (Phi) is 2.72. The Morgan fingerprint density at radius 2 is 2.11 bits per heavy atom. The summed E-state index contributed by atoms with van der Waals surface area (Å²) in [6.07, 6.45) is 1.49. The summed E-state index contributed by atoms with van der Waals surface area (Å²) in [6.45, 7) is 0. The minimum Gasteiger partial charge on any atom is -0.385 e. The number of carbonyl (C=O) groups is 1. The first-order chi connectivity index (χ1) is 8.62. The number of halogens is 2. The SMILES string of the molecule is O=C1NC(c2ccccc2Cl)=NOC2(CC2)C1Cl. The molecule has 0 bridgehead atoms. The molecule has 1 amide bonds. The molecular weight excluding hydrogens is 275 g/mol. The number of alkyl halides is 1. The molecule has 1 heterocycles. The molecule has 6 heteroatoms. The monoisotopic (exact) mass is 284 g/mol. The van der Waals surface area contributed by atoms with Crippen LogP contribution in [0.1, 0.15) is 18.4 Å². The molecule has 1 aliphatic carbocycles. The van der Waals surface area contributed by atoms with E-state index in [1.165, 1.54) is 0 Å². The van der Waals surface area contributed by atoms with Crippen molar-refractivity contribution in [3.8, 4) is 0 Å². The zero-order valence-electron chi connectivity index (χ0n) is 9.32. The second kappa shape index (κ2) is 4.14. The van der Waals surface area contributed by atoms with Crippen LogP contribution in [0.3, 0.4) is 0 Å². The van der Waals surface area contributed by atoms with Crippen molar-refractivity contribution in [3.63, 3.8) is 0 Å². The molecule has 94 valence electrons. The highest BCUT2D eigenvalue weighted by molar-refractivity contribution is 6.36. The number of rotatable bonds is 1. The maximum Gasteiger partial charge on any atom is 0.247 e. The van der Waals surface area contributed by atoms with E-state index in [1.807, 2.05) is 6.07 Å². The van der Waals surface area contributed by atoms with Crippen LogP contribution in [0.5, 0.6) is 0 Å². The summed E-state index contributed by atoms with van der Waals surface area (Å²) in [6, 6.07) is 7.10. The quantitative estimate of drug-likeness (QED) is 0.805. The number of amides is 1. The van der Waals surface area contributed by atoms with E-state index < -0.39 is 11.0 Å². The van der Waals surface area contributed by atoms with E-state index in [9.17, 15) is 4.79 Å². The van der Waals surface area contributed by atoms with Crippen LogP contribution in [-0.4, -0.2) is 22.7 Å². The molecule has 1 aromatic carbocycles. The van der Waals surface area contributed by atoms with E-state index in [-0.39, 0.29) is 5.91 Å². The molecular formula is C12H10Cl2N2O2. The molecule has 0 aromatic heterocycles. The fourth-order valence-electron chi connectivity index (χ4n) is 1.86. The largest absolute Gasteiger partial charge is 0.385 e. The van der Waals surface area contributed by atoms with E-state index in [1.54, 1.807) is 18.2 Å². The maximum absolute atomic E-state index is 11.9. The lowest BCUT2D eigenvalue weighted by Crippen LogP contribution is -2.40. The van der Waals surface area contributed by atoms with Crippen molar-refractivity contribution in [2.45, 2.75) is 23.8 Å². The van der Waals surface area contributed by atoms with Gasteiger partial charge in [0, 0.05) is 5.56 Å². The number of hydrogen-bond donors (Lipinski definition) is 1. The molecule has 1 fully saturated rings. The van der Waals surface area contributed by atoms with Gasteiger partial charge in [-0.3, -0.25) is 4.79 Å². The Hall–Kier alpha value is -1.26. The standard InChI is InChI=1S/C12H10Cl2N2O2/c13-8-4-2-1-3-7(8)10-15-11(17)9(14)12(5-6-12)18-16-10/h1-4,9H,5-6H2,(H,15,16,17). The van der Waals surface area contributed by atoms with Gasteiger partial charge >= 0.3 is 0 Å². The summed E-state index contributed by atoms with van der Waals surface area (Å²) in [5, 5.41) is 6.41. The van der Waals surface area contributed by atoms with Gasteiger partial charge in [0.25, 0.3) is 0 Å². The van der Waals surface area contributed by atoms with Crippen molar-refractivity contribution >= 4 is 34.9 Å². The summed E-state index contributed by atoms with van der Waals surface area (Å²) < 4.78 is 0. The van der Waals surface area contributed by atoms with Gasteiger partial charge in [0.15, 0.2) is 16.8 Å². The van der Waals surface area contributed by atoms with E-state index in [0.29, 0.717) is 16.4 Å². The molecule has 2 aliphatic rings. The zero-order valence-corrected chi connectivity index (χ0v) is 10.8. The van der Waals surface area contributed by atoms with Crippen molar-refractivity contribution in [2.75, 3.05) is 0 Å². The molecule has 18 heavy (non-hydrogen) atoms. The average molecular weight is 285 g/mol. The second-order valence-corrected chi connectivity index (χ2v) is 5.27. The van der Waals surface area contributed by atoms with Crippen molar-refractivity contribution in [2.24, 2.45) is 5.16 Å². The molecule has 1 aromatic rings. The first-order valence-corrected chi connectivity index (χ1v) is 6.40. The lowest BCUT2D eigenvalue weighted by Gasteiger charge is -2.13. The first-order valence-electron chi connectivity index (χ1n) is 5.58. The minimum atomic E-state index is -0.721. The van der Waals surface area contributed by atoms with Gasteiger partial charge in [0.1, 0.15) is 0 Å². The van der Waals surface area contributed by atoms with Crippen LogP contribution < -0.4 is 5.32 Å². The highest BCUT2D eigenvalue weighted by Crippen LogP contribution is 2.46. The predicted octanol–water partition coefficient (Wildman–Crippen LogP) is 2.29. The molecule has 0 radical (unpaired) electrons. The van der Waals surface area contributed by atoms with Crippen LogP contribution >= 0.6 is 23.2 Å². The van der Waals surface area contributed by atoms with Crippen molar-refractivity contribution in [3.05, 3.63) is 34.9 Å². The van der Waals surface area contributed by atoms with Gasteiger partial charge in [-0.25, -0.2) is 0 Å². The van der Waals surface area contributed by atoms with Gasteiger partial charge in [-0.2, -0.15) is 0 Å². The Morgan fingerprint density at radius 1 is 1.39 bits per heavy atom. The van der Waals surface area contributed by atoms with Gasteiger partial charge in [-0.05, 0) is 25.0 Å². The smallest absolute Gasteiger partial charge is 0.247 e. The zero-order chi connectivity index (χ0) is 12.8. The summed E-state index contributed by atoms with van der Waals surface area (Å²) in [5.41, 5.74) is -0.0108. The minimum absolute atomic E-state index is 0.301. The molecule has 1 saturated carbocycles. The molecule has 1 N–H and O–H groups in total. The van der Waals surface area contributed by atoms with Crippen LogP contribution in [0.25, 0.3) is 0 Å². The van der Waals surface area contributed by atoms with Crippen molar-refractivity contribution < 1.29 is 9.63 Å². The lowest BCUT2D eigenvalue weighted by atomic mass is 10.2. The summed E-state index contributed by atoms with van der Waals surface area (Å²) in [7, 11) is 0. The van der Waals surface area contributed by atoms with Gasteiger partial charge in [-0.1, -0.05) is 28.9 Å². The maximum atomic E-state index is 11.9.